The van der Waals surface area contributed by atoms with Gasteiger partial charge in [-0.1, -0.05) is 52.0 Å². The van der Waals surface area contributed by atoms with E-state index in [1.54, 1.807) is 0 Å². The zero-order chi connectivity index (χ0) is 17.5. The lowest BCUT2D eigenvalue weighted by molar-refractivity contribution is -0.136. The zero-order valence-corrected chi connectivity index (χ0v) is 15.3. The summed E-state index contributed by atoms with van der Waals surface area (Å²) in [5, 5.41) is 9.24. The molecule has 3 rings (SSSR count). The van der Waals surface area contributed by atoms with Gasteiger partial charge < -0.3 is 5.11 Å². The third kappa shape index (κ3) is 3.08. The van der Waals surface area contributed by atoms with E-state index in [1.807, 2.05) is 10.6 Å². The largest absolute Gasteiger partial charge is 0.481 e. The normalized spacial score (nSPS) is 12.0. The van der Waals surface area contributed by atoms with Crippen molar-refractivity contribution in [2.24, 2.45) is 0 Å². The molecule has 0 aliphatic heterocycles. The van der Waals surface area contributed by atoms with Crippen LogP contribution in [0.4, 0.5) is 0 Å². The van der Waals surface area contributed by atoms with Gasteiger partial charge in [0.2, 0.25) is 0 Å². The lowest BCUT2D eigenvalue weighted by Crippen LogP contribution is -2.11. The average Bonchev–Trinajstić information content (AvgIpc) is 3.04. The molecule has 24 heavy (non-hydrogen) atoms. The third-order valence-corrected chi connectivity index (χ3v) is 5.16. The monoisotopic (exact) mass is 342 g/mol. The predicted octanol–water partition coefficient (Wildman–Crippen LogP) is 4.55. The van der Waals surface area contributed by atoms with Crippen LogP contribution < -0.4 is 0 Å². The molecule has 0 atom stereocenters. The molecule has 4 nitrogen and oxygen atoms in total. The van der Waals surface area contributed by atoms with Crippen molar-refractivity contribution in [2.45, 2.75) is 46.0 Å². The van der Waals surface area contributed by atoms with E-state index in [0.717, 1.165) is 33.2 Å². The highest BCUT2D eigenvalue weighted by Gasteiger charge is 2.23. The van der Waals surface area contributed by atoms with Crippen LogP contribution in [0, 0.1) is 0 Å². The van der Waals surface area contributed by atoms with Crippen molar-refractivity contribution in [1.82, 2.24) is 9.38 Å². The van der Waals surface area contributed by atoms with Crippen molar-refractivity contribution in [2.75, 3.05) is 0 Å². The number of aliphatic carboxylic acids is 1. The van der Waals surface area contributed by atoms with Gasteiger partial charge in [-0.25, -0.2) is 4.98 Å². The van der Waals surface area contributed by atoms with Crippen LogP contribution in [0.1, 0.15) is 43.8 Å². The fourth-order valence-electron chi connectivity index (χ4n) is 2.71. The van der Waals surface area contributed by atoms with Gasteiger partial charge in [-0.2, -0.15) is 0 Å². The quantitative estimate of drug-likeness (QED) is 0.757. The van der Waals surface area contributed by atoms with Gasteiger partial charge in [-0.3, -0.25) is 9.20 Å². The minimum atomic E-state index is -0.818. The number of rotatable bonds is 4. The number of carboxylic acid groups (broad SMARTS) is 1. The third-order valence-electron chi connectivity index (χ3n) is 4.11. The standard InChI is InChI=1S/C19H22N2O2S/c1-5-12-6-8-13(9-7-12)17-14(10-16(22)23)24-18-20-15(11-21(17)18)19(2,3)4/h6-9,11H,5,10H2,1-4H3,(H,22,23). The summed E-state index contributed by atoms with van der Waals surface area (Å²) < 4.78 is 2.05. The van der Waals surface area contributed by atoms with E-state index in [-0.39, 0.29) is 11.8 Å². The molecule has 0 amide bonds. The van der Waals surface area contributed by atoms with Crippen molar-refractivity contribution < 1.29 is 9.90 Å². The van der Waals surface area contributed by atoms with Gasteiger partial charge in [0.25, 0.3) is 0 Å². The van der Waals surface area contributed by atoms with Crippen LogP contribution in [0.25, 0.3) is 16.2 Å². The van der Waals surface area contributed by atoms with Crippen LogP contribution in [-0.4, -0.2) is 20.5 Å². The number of hydrogen-bond donors (Lipinski definition) is 1. The Bertz CT molecular complexity index is 883. The smallest absolute Gasteiger partial charge is 0.308 e. The van der Waals surface area contributed by atoms with Gasteiger partial charge in [0.15, 0.2) is 4.96 Å². The molecule has 0 saturated carbocycles. The average molecular weight is 342 g/mol. The van der Waals surface area contributed by atoms with Crippen molar-refractivity contribution >= 4 is 22.3 Å². The van der Waals surface area contributed by atoms with E-state index in [0.29, 0.717) is 0 Å². The zero-order valence-electron chi connectivity index (χ0n) is 14.5. The molecule has 0 radical (unpaired) electrons. The maximum Gasteiger partial charge on any atom is 0.308 e. The highest BCUT2D eigenvalue weighted by molar-refractivity contribution is 7.17. The maximum absolute atomic E-state index is 11.3. The summed E-state index contributed by atoms with van der Waals surface area (Å²) in [6, 6.07) is 8.35. The number of carboxylic acids is 1. The fourth-order valence-corrected chi connectivity index (χ4v) is 3.82. The number of carbonyl (C=O) groups is 1. The second-order valence-corrected chi connectivity index (χ2v) is 8.09. The van der Waals surface area contributed by atoms with Gasteiger partial charge in [0.05, 0.1) is 17.8 Å². The molecule has 0 unspecified atom stereocenters. The number of aromatic nitrogens is 2. The Hall–Kier alpha value is -2.14. The molecule has 126 valence electrons. The topological polar surface area (TPSA) is 54.6 Å². The van der Waals surface area contributed by atoms with Crippen LogP contribution in [-0.2, 0) is 23.1 Å². The summed E-state index contributed by atoms with van der Waals surface area (Å²) in [5.41, 5.74) is 4.23. The van der Waals surface area contributed by atoms with Crippen LogP contribution >= 0.6 is 11.3 Å². The molecule has 0 bridgehead atoms. The number of imidazole rings is 1. The fraction of sp³-hybridized carbons (Fsp3) is 0.368. The van der Waals surface area contributed by atoms with E-state index < -0.39 is 5.97 Å². The van der Waals surface area contributed by atoms with Gasteiger partial charge in [0, 0.05) is 16.5 Å². The lowest BCUT2D eigenvalue weighted by atomic mass is 9.93. The van der Waals surface area contributed by atoms with Crippen LogP contribution in [0.15, 0.2) is 30.5 Å². The van der Waals surface area contributed by atoms with E-state index in [2.05, 4.69) is 52.0 Å². The molecule has 0 aliphatic carbocycles. The maximum atomic E-state index is 11.3. The summed E-state index contributed by atoms with van der Waals surface area (Å²) >= 11 is 1.46. The minimum absolute atomic E-state index is 0.0176. The highest BCUT2D eigenvalue weighted by Crippen LogP contribution is 2.34. The first-order valence-electron chi connectivity index (χ1n) is 8.12. The first-order valence-corrected chi connectivity index (χ1v) is 8.93. The molecule has 2 aromatic heterocycles. The van der Waals surface area contributed by atoms with Crippen LogP contribution in [0.3, 0.4) is 0 Å². The van der Waals surface area contributed by atoms with Gasteiger partial charge in [-0.15, -0.1) is 11.3 Å². The van der Waals surface area contributed by atoms with E-state index in [1.165, 1.54) is 16.9 Å². The van der Waals surface area contributed by atoms with Crippen molar-refractivity contribution in [1.29, 1.82) is 0 Å². The number of aryl methyl sites for hydroxylation is 1. The minimum Gasteiger partial charge on any atom is -0.481 e. The highest BCUT2D eigenvalue weighted by atomic mass is 32.1. The molecule has 0 fully saturated rings. The summed E-state index contributed by atoms with van der Waals surface area (Å²) in [5.74, 6) is -0.818. The Morgan fingerprint density at radius 3 is 2.46 bits per heavy atom. The van der Waals surface area contributed by atoms with E-state index >= 15 is 0 Å². The molecule has 0 saturated heterocycles. The molecule has 0 aliphatic rings. The Morgan fingerprint density at radius 2 is 1.92 bits per heavy atom. The molecular formula is C19H22N2O2S. The molecule has 3 aromatic rings. The number of nitrogens with zero attached hydrogens (tertiary/aromatic N) is 2. The number of thiazole rings is 1. The number of hydrogen-bond acceptors (Lipinski definition) is 3. The molecular weight excluding hydrogens is 320 g/mol. The first kappa shape index (κ1) is 16.7. The van der Waals surface area contributed by atoms with E-state index in [4.69, 9.17) is 4.98 Å². The van der Waals surface area contributed by atoms with E-state index in [9.17, 15) is 9.90 Å². The van der Waals surface area contributed by atoms with Crippen molar-refractivity contribution in [3.63, 3.8) is 0 Å². The number of benzene rings is 1. The Morgan fingerprint density at radius 1 is 1.25 bits per heavy atom. The Labute approximate surface area is 145 Å². The summed E-state index contributed by atoms with van der Waals surface area (Å²) in [7, 11) is 0. The Balaban J connectivity index is 2.19. The molecule has 2 heterocycles. The molecule has 1 N–H and O–H groups in total. The predicted molar refractivity (Wildman–Crippen MR) is 97.9 cm³/mol. The second kappa shape index (κ2) is 6.06. The van der Waals surface area contributed by atoms with Gasteiger partial charge >= 0.3 is 5.97 Å². The first-order chi connectivity index (χ1) is 11.3. The van der Waals surface area contributed by atoms with Crippen LogP contribution in [0.2, 0.25) is 0 Å². The second-order valence-electron chi connectivity index (χ2n) is 7.02. The summed E-state index contributed by atoms with van der Waals surface area (Å²) in [6.07, 6.45) is 3.05. The summed E-state index contributed by atoms with van der Waals surface area (Å²) in [4.78, 5) is 17.7. The SMILES string of the molecule is CCc1ccc(-c2c(CC(=O)O)sc3nc(C(C)(C)C)cn23)cc1. The molecule has 1 aromatic carbocycles. The Kier molecular flexibility index (Phi) is 4.22. The molecule has 5 heteroatoms. The molecule has 0 spiro atoms. The van der Waals surface area contributed by atoms with Crippen molar-refractivity contribution in [3.8, 4) is 11.3 Å². The van der Waals surface area contributed by atoms with Crippen molar-refractivity contribution in [3.05, 3.63) is 46.6 Å². The van der Waals surface area contributed by atoms with Crippen LogP contribution in [0.5, 0.6) is 0 Å². The summed E-state index contributed by atoms with van der Waals surface area (Å²) in [6.45, 7) is 8.52. The lowest BCUT2D eigenvalue weighted by Gasteiger charge is -2.14. The van der Waals surface area contributed by atoms with Gasteiger partial charge in [-0.05, 0) is 17.5 Å². The van der Waals surface area contributed by atoms with Gasteiger partial charge in [0.1, 0.15) is 0 Å². The number of fused-ring (bicyclic) bond motifs is 1.